The van der Waals surface area contributed by atoms with E-state index in [4.69, 9.17) is 4.98 Å². The van der Waals surface area contributed by atoms with E-state index in [0.29, 0.717) is 11.3 Å². The number of hydrogen-bond donors (Lipinski definition) is 0. The minimum absolute atomic E-state index is 0. The monoisotopic (exact) mass is 986 g/mol. The molecule has 0 amide bonds. The summed E-state index contributed by atoms with van der Waals surface area (Å²) in [4.78, 5) is 9.69. The summed E-state index contributed by atoms with van der Waals surface area (Å²) in [5.74, 6) is -2.54. The minimum atomic E-state index is -1.08. The van der Waals surface area contributed by atoms with Crippen molar-refractivity contribution < 1.29 is 30.3 Å². The third-order valence-electron chi connectivity index (χ3n) is 11.1. The van der Waals surface area contributed by atoms with Crippen molar-refractivity contribution in [3.05, 3.63) is 217 Å². The van der Waals surface area contributed by atoms with Crippen molar-refractivity contribution in [1.82, 2.24) is 9.97 Å². The first-order chi connectivity index (χ1) is 30.0. The van der Waals surface area contributed by atoms with Gasteiger partial charge in [0.05, 0.1) is 0 Å². The molecule has 0 unspecified atom stereocenters. The van der Waals surface area contributed by atoms with E-state index in [1.165, 1.54) is 0 Å². The largest absolute Gasteiger partial charge is 0.304 e. The van der Waals surface area contributed by atoms with Gasteiger partial charge in [-0.15, -0.1) is 48.0 Å². The average molecular weight is 986 g/mol. The Bertz CT molecular complexity index is 3090. The van der Waals surface area contributed by atoms with Crippen LogP contribution in [0.25, 0.3) is 89.3 Å². The van der Waals surface area contributed by atoms with Crippen molar-refractivity contribution in [2.45, 2.75) is 33.6 Å². The van der Waals surface area contributed by atoms with Crippen molar-refractivity contribution >= 4 is 0 Å². The second kappa shape index (κ2) is 18.1. The van der Waals surface area contributed by atoms with E-state index in [0.717, 1.165) is 101 Å². The van der Waals surface area contributed by atoms with E-state index >= 15 is 0 Å². The predicted molar refractivity (Wildman–Crippen MR) is 247 cm³/mol. The third kappa shape index (κ3) is 8.60. The van der Waals surface area contributed by atoms with Crippen LogP contribution in [0.15, 0.2) is 176 Å². The number of aryl methyl sites for hydroxylation is 2. The summed E-state index contributed by atoms with van der Waals surface area (Å²) in [5.41, 5.74) is 17.2. The van der Waals surface area contributed by atoms with Gasteiger partial charge in [0.25, 0.3) is 0 Å². The molecule has 0 atom stereocenters. The Morgan fingerprint density at radius 1 is 0.500 bits per heavy atom. The molecule has 0 aliphatic heterocycles. The van der Waals surface area contributed by atoms with Gasteiger partial charge in [0, 0.05) is 56.6 Å². The normalized spacial score (nSPS) is 11.5. The van der Waals surface area contributed by atoms with Gasteiger partial charge < -0.3 is 9.97 Å². The quantitative estimate of drug-likeness (QED) is 0.135. The molecule has 9 rings (SSSR count). The van der Waals surface area contributed by atoms with Crippen LogP contribution in [0, 0.1) is 37.6 Å². The standard InChI is InChI=1S/C57H42F2N2.Ir/c1-36(2)50-32-57(49-26-24-45(58)31-55(49)59)61-34-53(50)48-25-19-37(3)29-51(48)44-28-38(4)27-43(30-44)46-17-11-12-18-47(46)54-35-60-56(42-15-9-6-10-16-42)33-52(54)41-22-20-40(21-23-41)39-13-7-5-8-14-39;/h5-15,17-25,27-36H,1-4H3;/q-2;/i36D;. The summed E-state index contributed by atoms with van der Waals surface area (Å²) in [7, 11) is 0. The van der Waals surface area contributed by atoms with Crippen molar-refractivity contribution in [3.8, 4) is 89.3 Å². The molecule has 7 aromatic carbocycles. The SMILES string of the molecule is [2H]C(C)(C)c1cc(-c2[c-]cc(F)cc2F)ncc1-c1ccc(C)cc1-c1cc(C)cc(-c2ccccc2-c2cnc(-c3[c-]cccc3)cc2-c2ccc(-c3ccccc3)cc2)c1.[Ir]. The van der Waals surface area contributed by atoms with Gasteiger partial charge >= 0.3 is 0 Å². The van der Waals surface area contributed by atoms with Crippen LogP contribution in [0.1, 0.15) is 37.8 Å². The molecule has 0 bridgehead atoms. The van der Waals surface area contributed by atoms with Crippen molar-refractivity contribution in [1.29, 1.82) is 0 Å². The van der Waals surface area contributed by atoms with Gasteiger partial charge in [0.2, 0.25) is 0 Å². The number of benzene rings is 7. The van der Waals surface area contributed by atoms with E-state index in [9.17, 15) is 10.2 Å². The smallest absolute Gasteiger partial charge is 0.0408 e. The van der Waals surface area contributed by atoms with Crippen LogP contribution in [0.2, 0.25) is 0 Å². The number of aromatic nitrogens is 2. The van der Waals surface area contributed by atoms with Gasteiger partial charge in [-0.25, -0.2) is 0 Å². The van der Waals surface area contributed by atoms with Crippen LogP contribution in [-0.2, 0) is 20.1 Å². The summed E-state index contributed by atoms with van der Waals surface area (Å²) in [6, 6.07) is 60.4. The third-order valence-corrected chi connectivity index (χ3v) is 11.1. The fraction of sp³-hybridized carbons (Fsp3) is 0.0877. The number of nitrogens with zero attached hydrogens (tertiary/aromatic N) is 2. The van der Waals surface area contributed by atoms with Crippen LogP contribution in [0.3, 0.4) is 0 Å². The molecule has 0 saturated heterocycles. The summed E-state index contributed by atoms with van der Waals surface area (Å²) in [5, 5.41) is 0. The Morgan fingerprint density at radius 2 is 1.13 bits per heavy atom. The van der Waals surface area contributed by atoms with Gasteiger partial charge in [-0.1, -0.05) is 152 Å². The molecule has 0 N–H and O–H groups in total. The Hall–Kier alpha value is -6.65. The molecule has 2 heterocycles. The molecule has 1 radical (unpaired) electrons. The van der Waals surface area contributed by atoms with E-state index in [1.807, 2.05) is 36.5 Å². The predicted octanol–water partition coefficient (Wildman–Crippen LogP) is 15.4. The van der Waals surface area contributed by atoms with E-state index < -0.39 is 17.5 Å². The fourth-order valence-electron chi connectivity index (χ4n) is 8.14. The molecule has 2 aromatic heterocycles. The second-order valence-electron chi connectivity index (χ2n) is 15.7. The maximum absolute atomic E-state index is 15.0. The average Bonchev–Trinajstić information content (AvgIpc) is 3.29. The Labute approximate surface area is 377 Å². The fourth-order valence-corrected chi connectivity index (χ4v) is 8.14. The molecule has 0 fully saturated rings. The first-order valence-corrected chi connectivity index (χ1v) is 20.3. The summed E-state index contributed by atoms with van der Waals surface area (Å²) < 4.78 is 38.0. The number of pyridine rings is 2. The van der Waals surface area contributed by atoms with Crippen molar-refractivity contribution in [2.24, 2.45) is 0 Å². The Morgan fingerprint density at radius 3 is 1.85 bits per heavy atom. The molecule has 305 valence electrons. The van der Waals surface area contributed by atoms with Crippen LogP contribution in [0.5, 0.6) is 0 Å². The van der Waals surface area contributed by atoms with E-state index in [1.54, 1.807) is 26.1 Å². The van der Waals surface area contributed by atoms with Crippen LogP contribution < -0.4 is 0 Å². The summed E-state index contributed by atoms with van der Waals surface area (Å²) in [6.45, 7) is 7.80. The van der Waals surface area contributed by atoms with E-state index in [-0.39, 0.29) is 25.7 Å². The maximum Gasteiger partial charge on any atom is 0.0408 e. The first-order valence-electron chi connectivity index (χ1n) is 20.8. The molecule has 0 aliphatic rings. The number of hydrogen-bond acceptors (Lipinski definition) is 2. The van der Waals surface area contributed by atoms with Gasteiger partial charge in [-0.3, -0.25) is 8.78 Å². The maximum atomic E-state index is 15.0. The topological polar surface area (TPSA) is 25.8 Å². The molecule has 2 nitrogen and oxygen atoms in total. The summed E-state index contributed by atoms with van der Waals surface area (Å²) in [6.07, 6.45) is 3.69. The second-order valence-corrected chi connectivity index (χ2v) is 15.7. The van der Waals surface area contributed by atoms with Crippen molar-refractivity contribution in [3.63, 3.8) is 0 Å². The zero-order valence-electron chi connectivity index (χ0n) is 35.7. The molecule has 0 saturated carbocycles. The molecule has 0 spiro atoms. The Balaban J connectivity index is 0.00000544. The number of halogens is 2. The van der Waals surface area contributed by atoms with Crippen LogP contribution in [-0.4, -0.2) is 9.97 Å². The first kappa shape index (κ1) is 40.7. The molecule has 62 heavy (non-hydrogen) atoms. The molecule has 9 aromatic rings. The molecule has 5 heteroatoms. The molecular formula is C57H42F2IrN2-2. The molecular weight excluding hydrogens is 943 g/mol. The van der Waals surface area contributed by atoms with Crippen LogP contribution in [0.4, 0.5) is 8.78 Å². The van der Waals surface area contributed by atoms with Gasteiger partial charge in [-0.05, 0) is 104 Å². The van der Waals surface area contributed by atoms with Gasteiger partial charge in [-0.2, -0.15) is 0 Å². The Kier molecular flexibility index (Phi) is 11.9. The van der Waals surface area contributed by atoms with Crippen LogP contribution >= 0.6 is 0 Å². The zero-order valence-corrected chi connectivity index (χ0v) is 37.1. The van der Waals surface area contributed by atoms with Crippen molar-refractivity contribution in [2.75, 3.05) is 0 Å². The molecule has 0 aliphatic carbocycles. The summed E-state index contributed by atoms with van der Waals surface area (Å²) >= 11 is 0. The van der Waals surface area contributed by atoms with Gasteiger partial charge in [0.15, 0.2) is 0 Å². The van der Waals surface area contributed by atoms with Gasteiger partial charge in [0.1, 0.15) is 0 Å². The van der Waals surface area contributed by atoms with E-state index in [2.05, 4.69) is 146 Å². The minimum Gasteiger partial charge on any atom is -0.304 e. The zero-order chi connectivity index (χ0) is 43.0. The number of rotatable bonds is 9.